The molecule has 3 rings (SSSR count). The molecule has 2 aromatic carbocycles. The summed E-state index contributed by atoms with van der Waals surface area (Å²) in [6.45, 7) is 0.924. The van der Waals surface area contributed by atoms with E-state index in [4.69, 9.17) is 9.47 Å². The van der Waals surface area contributed by atoms with Crippen molar-refractivity contribution in [3.63, 3.8) is 0 Å². The summed E-state index contributed by atoms with van der Waals surface area (Å²) >= 11 is 3.55. The molecule has 3 nitrogen and oxygen atoms in total. The number of ether oxygens (including phenoxy) is 2. The second-order valence-electron chi connectivity index (χ2n) is 5.06. The van der Waals surface area contributed by atoms with Gasteiger partial charge in [0.05, 0.1) is 20.3 Å². The summed E-state index contributed by atoms with van der Waals surface area (Å²) < 4.78 is 12.1. The van der Waals surface area contributed by atoms with E-state index in [1.165, 1.54) is 16.7 Å². The van der Waals surface area contributed by atoms with Crippen molar-refractivity contribution >= 4 is 15.9 Å². The van der Waals surface area contributed by atoms with Crippen molar-refractivity contribution in [1.82, 2.24) is 5.32 Å². The van der Waals surface area contributed by atoms with E-state index in [0.29, 0.717) is 0 Å². The molecule has 1 atom stereocenters. The van der Waals surface area contributed by atoms with Crippen molar-refractivity contribution in [1.29, 1.82) is 0 Å². The van der Waals surface area contributed by atoms with Gasteiger partial charge in [-0.05, 0) is 35.7 Å². The quantitative estimate of drug-likeness (QED) is 0.918. The molecule has 0 spiro atoms. The number of fused-ring (bicyclic) bond motifs is 1. The lowest BCUT2D eigenvalue weighted by molar-refractivity contribution is 0.348. The molecule has 0 bridgehead atoms. The zero-order valence-corrected chi connectivity index (χ0v) is 13.7. The van der Waals surface area contributed by atoms with E-state index in [1.807, 2.05) is 12.1 Å². The smallest absolute Gasteiger partial charge is 0.164 e. The number of halogens is 1. The Bertz CT molecular complexity index is 657. The monoisotopic (exact) mass is 347 g/mol. The number of methoxy groups -OCH3 is 2. The maximum Gasteiger partial charge on any atom is 0.164 e. The van der Waals surface area contributed by atoms with Gasteiger partial charge in [-0.15, -0.1) is 0 Å². The second-order valence-corrected chi connectivity index (χ2v) is 5.98. The third-order valence-electron chi connectivity index (χ3n) is 3.90. The van der Waals surface area contributed by atoms with Gasteiger partial charge in [0, 0.05) is 16.6 Å². The summed E-state index contributed by atoms with van der Waals surface area (Å²) in [4.78, 5) is 0. The van der Waals surface area contributed by atoms with Crippen LogP contribution in [0.15, 0.2) is 40.9 Å². The van der Waals surface area contributed by atoms with Gasteiger partial charge in [-0.1, -0.05) is 34.1 Å². The topological polar surface area (TPSA) is 30.5 Å². The number of hydrogen-bond donors (Lipinski definition) is 1. The molecule has 0 radical (unpaired) electrons. The molecule has 0 aliphatic carbocycles. The van der Waals surface area contributed by atoms with Crippen molar-refractivity contribution in [2.24, 2.45) is 0 Å². The Morgan fingerprint density at radius 1 is 1.14 bits per heavy atom. The lowest BCUT2D eigenvalue weighted by atomic mass is 9.89. The van der Waals surface area contributed by atoms with Crippen LogP contribution in [0.2, 0.25) is 0 Å². The lowest BCUT2D eigenvalue weighted by Crippen LogP contribution is -2.31. The van der Waals surface area contributed by atoms with Crippen LogP contribution in [-0.2, 0) is 6.42 Å². The Hall–Kier alpha value is -1.52. The minimum Gasteiger partial charge on any atom is -0.493 e. The highest BCUT2D eigenvalue weighted by Crippen LogP contribution is 2.39. The third kappa shape index (κ3) is 2.65. The minimum atomic E-state index is 0.186. The van der Waals surface area contributed by atoms with Crippen LogP contribution >= 0.6 is 15.9 Å². The molecule has 1 unspecified atom stereocenters. The normalized spacial score (nSPS) is 17.2. The average Bonchev–Trinajstić information content (AvgIpc) is 2.53. The molecule has 0 fully saturated rings. The molecular weight excluding hydrogens is 330 g/mol. The molecule has 110 valence electrons. The third-order valence-corrected chi connectivity index (χ3v) is 4.39. The highest BCUT2D eigenvalue weighted by atomic mass is 79.9. The summed E-state index contributed by atoms with van der Waals surface area (Å²) in [6.07, 6.45) is 0.945. The van der Waals surface area contributed by atoms with E-state index >= 15 is 0 Å². The van der Waals surface area contributed by atoms with Crippen molar-refractivity contribution in [2.45, 2.75) is 12.5 Å². The number of rotatable bonds is 3. The maximum atomic E-state index is 5.58. The van der Waals surface area contributed by atoms with Gasteiger partial charge in [0.2, 0.25) is 0 Å². The van der Waals surface area contributed by atoms with Gasteiger partial charge in [0.25, 0.3) is 0 Å². The first-order chi connectivity index (χ1) is 10.2. The number of benzene rings is 2. The van der Waals surface area contributed by atoms with E-state index in [2.05, 4.69) is 45.5 Å². The molecule has 2 aromatic rings. The Morgan fingerprint density at radius 3 is 2.71 bits per heavy atom. The zero-order chi connectivity index (χ0) is 14.8. The predicted octanol–water partition coefficient (Wildman–Crippen LogP) is 3.70. The number of hydrogen-bond acceptors (Lipinski definition) is 3. The van der Waals surface area contributed by atoms with Crippen LogP contribution in [0, 0.1) is 0 Å². The Labute approximate surface area is 133 Å². The predicted molar refractivity (Wildman–Crippen MR) is 87.2 cm³/mol. The molecule has 0 saturated heterocycles. The lowest BCUT2D eigenvalue weighted by Gasteiger charge is -2.29. The SMILES string of the molecule is COc1ccc2c(c1OC)CCNC2c1cccc(Br)c1. The van der Waals surface area contributed by atoms with E-state index in [1.54, 1.807) is 14.2 Å². The standard InChI is InChI=1S/C17H18BrNO2/c1-20-15-7-6-13-14(17(15)21-2)8-9-19-16(13)11-4-3-5-12(18)10-11/h3-7,10,16,19H,8-9H2,1-2H3. The van der Waals surface area contributed by atoms with E-state index < -0.39 is 0 Å². The molecule has 1 N–H and O–H groups in total. The van der Waals surface area contributed by atoms with Crippen LogP contribution in [0.5, 0.6) is 11.5 Å². The first-order valence-corrected chi connectivity index (χ1v) is 7.76. The van der Waals surface area contributed by atoms with Gasteiger partial charge in [-0.2, -0.15) is 0 Å². The molecule has 0 amide bonds. The summed E-state index contributed by atoms with van der Waals surface area (Å²) in [5.41, 5.74) is 3.75. The van der Waals surface area contributed by atoms with Gasteiger partial charge in [0.15, 0.2) is 11.5 Å². The van der Waals surface area contributed by atoms with Crippen molar-refractivity contribution < 1.29 is 9.47 Å². The molecule has 1 aliphatic rings. The minimum absolute atomic E-state index is 0.186. The number of nitrogens with one attached hydrogen (secondary N) is 1. The van der Waals surface area contributed by atoms with Crippen molar-refractivity contribution in [3.8, 4) is 11.5 Å². The van der Waals surface area contributed by atoms with E-state index in [-0.39, 0.29) is 6.04 Å². The van der Waals surface area contributed by atoms with Crippen LogP contribution < -0.4 is 14.8 Å². The van der Waals surface area contributed by atoms with Gasteiger partial charge in [0.1, 0.15) is 0 Å². The summed E-state index contributed by atoms with van der Waals surface area (Å²) in [5.74, 6) is 1.66. The van der Waals surface area contributed by atoms with Crippen molar-refractivity contribution in [2.75, 3.05) is 20.8 Å². The largest absolute Gasteiger partial charge is 0.493 e. The fraction of sp³-hybridized carbons (Fsp3) is 0.294. The fourth-order valence-corrected chi connectivity index (χ4v) is 3.39. The van der Waals surface area contributed by atoms with Crippen LogP contribution in [0.4, 0.5) is 0 Å². The maximum absolute atomic E-state index is 5.58. The fourth-order valence-electron chi connectivity index (χ4n) is 2.97. The first kappa shape index (κ1) is 14.4. The summed E-state index contributed by atoms with van der Waals surface area (Å²) in [6, 6.07) is 12.7. The molecule has 1 aliphatic heterocycles. The molecule has 1 heterocycles. The molecule has 0 saturated carbocycles. The van der Waals surface area contributed by atoms with Gasteiger partial charge < -0.3 is 14.8 Å². The first-order valence-electron chi connectivity index (χ1n) is 6.97. The average molecular weight is 348 g/mol. The molecular formula is C17H18BrNO2. The van der Waals surface area contributed by atoms with Gasteiger partial charge in [-0.25, -0.2) is 0 Å². The summed E-state index contributed by atoms with van der Waals surface area (Å²) in [5, 5.41) is 3.59. The molecule has 0 aromatic heterocycles. The summed E-state index contributed by atoms with van der Waals surface area (Å²) in [7, 11) is 3.38. The zero-order valence-electron chi connectivity index (χ0n) is 12.2. The second kappa shape index (κ2) is 6.08. The van der Waals surface area contributed by atoms with Crippen LogP contribution in [-0.4, -0.2) is 20.8 Å². The molecule has 21 heavy (non-hydrogen) atoms. The van der Waals surface area contributed by atoms with E-state index in [9.17, 15) is 0 Å². The Kier molecular flexibility index (Phi) is 4.17. The Balaban J connectivity index is 2.10. The van der Waals surface area contributed by atoms with Crippen molar-refractivity contribution in [3.05, 3.63) is 57.6 Å². The Morgan fingerprint density at radius 2 is 2.00 bits per heavy atom. The highest BCUT2D eigenvalue weighted by molar-refractivity contribution is 9.10. The van der Waals surface area contributed by atoms with Gasteiger partial charge in [-0.3, -0.25) is 0 Å². The van der Waals surface area contributed by atoms with E-state index in [0.717, 1.165) is 28.9 Å². The van der Waals surface area contributed by atoms with Gasteiger partial charge >= 0.3 is 0 Å². The highest BCUT2D eigenvalue weighted by Gasteiger charge is 2.25. The van der Waals surface area contributed by atoms with Crippen LogP contribution in [0.3, 0.4) is 0 Å². The van der Waals surface area contributed by atoms with Crippen LogP contribution in [0.1, 0.15) is 22.7 Å². The van der Waals surface area contributed by atoms with Crippen LogP contribution in [0.25, 0.3) is 0 Å². The molecule has 4 heteroatoms.